The van der Waals surface area contributed by atoms with Gasteiger partial charge in [0.1, 0.15) is 6.10 Å². The Morgan fingerprint density at radius 3 is 2.48 bits per heavy atom. The van der Waals surface area contributed by atoms with Crippen molar-refractivity contribution < 1.29 is 17.9 Å². The highest BCUT2D eigenvalue weighted by Crippen LogP contribution is 2.47. The van der Waals surface area contributed by atoms with Crippen LogP contribution in [-0.4, -0.2) is 36.8 Å². The van der Waals surface area contributed by atoms with Crippen molar-refractivity contribution in [1.82, 2.24) is 4.31 Å². The van der Waals surface area contributed by atoms with Crippen LogP contribution in [0.1, 0.15) is 25.8 Å². The summed E-state index contributed by atoms with van der Waals surface area (Å²) >= 11 is 0. The lowest BCUT2D eigenvalue weighted by Gasteiger charge is -2.33. The van der Waals surface area contributed by atoms with Crippen LogP contribution in [0.15, 0.2) is 41.4 Å². The number of fused-ring (bicyclic) bond motifs is 5. The first kappa shape index (κ1) is 15.2. The lowest BCUT2D eigenvalue weighted by Crippen LogP contribution is -2.43. The van der Waals surface area contributed by atoms with E-state index in [9.17, 15) is 8.42 Å². The molecule has 4 atom stereocenters. The van der Waals surface area contributed by atoms with Crippen LogP contribution in [0.2, 0.25) is 0 Å². The van der Waals surface area contributed by atoms with Gasteiger partial charge >= 0.3 is 0 Å². The van der Waals surface area contributed by atoms with Crippen LogP contribution in [-0.2, 0) is 19.5 Å². The van der Waals surface area contributed by atoms with Crippen molar-refractivity contribution in [3.63, 3.8) is 0 Å². The van der Waals surface area contributed by atoms with Gasteiger partial charge in [0.25, 0.3) is 10.0 Å². The zero-order valence-corrected chi connectivity index (χ0v) is 14.3. The minimum atomic E-state index is -3.58. The van der Waals surface area contributed by atoms with Gasteiger partial charge in [-0.3, -0.25) is 4.31 Å². The van der Waals surface area contributed by atoms with Crippen molar-refractivity contribution in [1.29, 1.82) is 0 Å². The minimum absolute atomic E-state index is 0.0653. The summed E-state index contributed by atoms with van der Waals surface area (Å²) in [7, 11) is -3.58. The molecule has 4 rings (SSSR count). The SMILES string of the molecule is Cc1ccc(S(=O)(=O)N2C=C[C@@H]3C[C@H]2[C@H]2OC(C)(C)O[C@H]23)cc1. The molecule has 2 aliphatic heterocycles. The number of rotatable bonds is 2. The van der Waals surface area contributed by atoms with E-state index < -0.39 is 15.8 Å². The second-order valence-electron chi connectivity index (χ2n) is 7.02. The molecule has 6 heteroatoms. The highest BCUT2D eigenvalue weighted by Gasteiger charge is 2.57. The minimum Gasteiger partial charge on any atom is -0.344 e. The zero-order valence-electron chi connectivity index (χ0n) is 13.5. The molecule has 2 bridgehead atoms. The highest BCUT2D eigenvalue weighted by atomic mass is 32.2. The number of sulfonamides is 1. The Kier molecular flexibility index (Phi) is 3.18. The monoisotopic (exact) mass is 335 g/mol. The molecule has 1 saturated carbocycles. The molecule has 1 aromatic carbocycles. The van der Waals surface area contributed by atoms with Gasteiger partial charge in [0.05, 0.1) is 17.0 Å². The topological polar surface area (TPSA) is 55.8 Å². The third-order valence-electron chi connectivity index (χ3n) is 4.88. The molecule has 3 aliphatic rings. The maximum Gasteiger partial charge on any atom is 0.264 e. The Morgan fingerprint density at radius 2 is 1.78 bits per heavy atom. The zero-order chi connectivity index (χ0) is 16.4. The van der Waals surface area contributed by atoms with Crippen molar-refractivity contribution in [2.45, 2.75) is 56.1 Å². The largest absolute Gasteiger partial charge is 0.344 e. The van der Waals surface area contributed by atoms with Gasteiger partial charge in [-0.2, -0.15) is 0 Å². The summed E-state index contributed by atoms with van der Waals surface area (Å²) in [5.74, 6) is -0.437. The second kappa shape index (κ2) is 4.82. The van der Waals surface area contributed by atoms with Crippen molar-refractivity contribution >= 4 is 10.0 Å². The fourth-order valence-corrected chi connectivity index (χ4v) is 5.34. The molecular weight excluding hydrogens is 314 g/mol. The molecule has 0 spiro atoms. The summed E-state index contributed by atoms with van der Waals surface area (Å²) in [6.07, 6.45) is 4.09. The van der Waals surface area contributed by atoms with Gasteiger partial charge in [0.15, 0.2) is 5.79 Å². The van der Waals surface area contributed by atoms with Crippen LogP contribution in [0.5, 0.6) is 0 Å². The Labute approximate surface area is 136 Å². The summed E-state index contributed by atoms with van der Waals surface area (Å²) in [5, 5.41) is 0. The molecule has 23 heavy (non-hydrogen) atoms. The molecule has 124 valence electrons. The highest BCUT2D eigenvalue weighted by molar-refractivity contribution is 7.89. The van der Waals surface area contributed by atoms with Crippen LogP contribution in [0.25, 0.3) is 0 Å². The van der Waals surface area contributed by atoms with Gasteiger partial charge in [-0.25, -0.2) is 8.42 Å². The molecule has 0 amide bonds. The Balaban J connectivity index is 1.69. The third kappa shape index (κ3) is 2.31. The molecule has 0 unspecified atom stereocenters. The molecule has 1 aliphatic carbocycles. The number of nitrogens with zero attached hydrogens (tertiary/aromatic N) is 1. The van der Waals surface area contributed by atoms with E-state index in [2.05, 4.69) is 0 Å². The summed E-state index contributed by atoms with van der Waals surface area (Å²) in [4.78, 5) is 0.313. The molecule has 0 aromatic heterocycles. The summed E-state index contributed by atoms with van der Waals surface area (Å²) in [5.41, 5.74) is 1.04. The van der Waals surface area contributed by atoms with Crippen molar-refractivity contribution in [2.75, 3.05) is 0 Å². The van der Waals surface area contributed by atoms with Crippen LogP contribution in [0.3, 0.4) is 0 Å². The van der Waals surface area contributed by atoms with E-state index in [0.29, 0.717) is 4.90 Å². The quantitative estimate of drug-likeness (QED) is 0.833. The van der Waals surface area contributed by atoms with Crippen LogP contribution in [0, 0.1) is 12.8 Å². The van der Waals surface area contributed by atoms with Crippen LogP contribution in [0.4, 0.5) is 0 Å². The van der Waals surface area contributed by atoms with E-state index in [-0.39, 0.29) is 24.2 Å². The first-order valence-electron chi connectivity index (χ1n) is 7.92. The molecule has 5 nitrogen and oxygen atoms in total. The standard InChI is InChI=1S/C17H21NO4S/c1-11-4-6-13(7-5-11)23(19,20)18-9-8-12-10-14(18)16-15(12)21-17(2,3)22-16/h4-9,12,14-16H,10H2,1-3H3/t12-,14+,15+,16-/m1/s1. The normalized spacial score (nSPS) is 34.7. The van der Waals surface area contributed by atoms with Crippen molar-refractivity contribution in [2.24, 2.45) is 5.92 Å². The Bertz CT molecular complexity index is 753. The molecule has 1 saturated heterocycles. The number of ether oxygens (including phenoxy) is 2. The van der Waals surface area contributed by atoms with Crippen LogP contribution < -0.4 is 0 Å². The van der Waals surface area contributed by atoms with E-state index in [0.717, 1.165) is 12.0 Å². The average Bonchev–Trinajstić information content (AvgIpc) is 2.93. The van der Waals surface area contributed by atoms with Gasteiger partial charge < -0.3 is 9.47 Å². The smallest absolute Gasteiger partial charge is 0.264 e. The molecule has 0 N–H and O–H groups in total. The number of aryl methyl sites for hydroxylation is 1. The average molecular weight is 335 g/mol. The fourth-order valence-electron chi connectivity index (χ4n) is 3.83. The van der Waals surface area contributed by atoms with Crippen LogP contribution >= 0.6 is 0 Å². The van der Waals surface area contributed by atoms with Crippen molar-refractivity contribution in [3.05, 3.63) is 42.1 Å². The molecular formula is C17H21NO4S. The first-order valence-corrected chi connectivity index (χ1v) is 9.36. The fraction of sp³-hybridized carbons (Fsp3) is 0.529. The Morgan fingerprint density at radius 1 is 1.13 bits per heavy atom. The van der Waals surface area contributed by atoms with Gasteiger partial charge in [-0.1, -0.05) is 23.8 Å². The third-order valence-corrected chi connectivity index (χ3v) is 6.70. The first-order chi connectivity index (χ1) is 10.8. The Hall–Kier alpha value is -1.37. The molecule has 2 fully saturated rings. The van der Waals surface area contributed by atoms with Crippen molar-refractivity contribution in [3.8, 4) is 0 Å². The summed E-state index contributed by atoms with van der Waals surface area (Å²) in [6.45, 7) is 5.70. The predicted molar refractivity (Wildman–Crippen MR) is 85.1 cm³/mol. The van der Waals surface area contributed by atoms with Gasteiger partial charge in [0, 0.05) is 12.1 Å². The van der Waals surface area contributed by atoms with Gasteiger partial charge in [0.2, 0.25) is 0 Å². The van der Waals surface area contributed by atoms with E-state index in [1.165, 1.54) is 4.31 Å². The maximum absolute atomic E-state index is 13.0. The molecule has 1 aromatic rings. The number of hydrogen-bond donors (Lipinski definition) is 0. The van der Waals surface area contributed by atoms with E-state index in [4.69, 9.17) is 9.47 Å². The number of hydrogen-bond acceptors (Lipinski definition) is 4. The number of benzene rings is 1. The molecule has 2 heterocycles. The predicted octanol–water partition coefficient (Wildman–Crippen LogP) is 2.42. The lowest BCUT2D eigenvalue weighted by molar-refractivity contribution is -0.159. The van der Waals surface area contributed by atoms with Gasteiger partial charge in [-0.15, -0.1) is 0 Å². The molecule has 0 radical (unpaired) electrons. The second-order valence-corrected chi connectivity index (χ2v) is 8.86. The van der Waals surface area contributed by atoms with E-state index >= 15 is 0 Å². The maximum atomic E-state index is 13.0. The van der Waals surface area contributed by atoms with E-state index in [1.807, 2.05) is 39.0 Å². The van der Waals surface area contributed by atoms with E-state index in [1.54, 1.807) is 18.3 Å². The van der Waals surface area contributed by atoms with Gasteiger partial charge in [-0.05, 0) is 39.3 Å². The summed E-state index contributed by atoms with van der Waals surface area (Å²) in [6, 6.07) is 6.75. The lowest BCUT2D eigenvalue weighted by atomic mass is 10.0. The summed E-state index contributed by atoms with van der Waals surface area (Å²) < 4.78 is 39.5.